The van der Waals surface area contributed by atoms with Crippen molar-refractivity contribution in [1.82, 2.24) is 4.57 Å². The maximum absolute atomic E-state index is 12.5. The molecule has 0 N–H and O–H groups in total. The molecule has 1 saturated heterocycles. The van der Waals surface area contributed by atoms with E-state index in [1.54, 1.807) is 24.3 Å². The molecule has 1 aromatic carbocycles. The number of Topliss-reactive ketones (excluding diaryl/α,β-unsaturated/α-hetero) is 1. The van der Waals surface area contributed by atoms with E-state index in [0.717, 1.165) is 37.4 Å². The average molecular weight is 406 g/mol. The highest BCUT2D eigenvalue weighted by Crippen LogP contribution is 2.21. The topological polar surface area (TPSA) is 66.8 Å². The minimum Gasteiger partial charge on any atom is -0.482 e. The summed E-state index contributed by atoms with van der Waals surface area (Å²) in [7, 11) is 0. The van der Waals surface area contributed by atoms with Crippen LogP contribution in [0.2, 0.25) is 5.02 Å². The van der Waals surface area contributed by atoms with Crippen LogP contribution in [0.3, 0.4) is 0 Å². The smallest absolute Gasteiger partial charge is 0.344 e. The lowest BCUT2D eigenvalue weighted by molar-refractivity contribution is -0.144. The van der Waals surface area contributed by atoms with Crippen LogP contribution in [0.5, 0.6) is 5.75 Å². The number of nitrogens with zero attached hydrogens (tertiary/aromatic N) is 1. The van der Waals surface area contributed by atoms with Crippen molar-refractivity contribution in [2.75, 3.05) is 19.8 Å². The minimum atomic E-state index is -0.610. The maximum Gasteiger partial charge on any atom is 0.344 e. The van der Waals surface area contributed by atoms with Gasteiger partial charge in [-0.1, -0.05) is 17.7 Å². The molecular formula is C21H24ClNO5. The molecule has 1 aromatic heterocycles. The molecule has 0 saturated carbocycles. The number of ketones is 1. The molecule has 1 aliphatic heterocycles. The molecule has 0 amide bonds. The Bertz CT molecular complexity index is 854. The predicted molar refractivity (Wildman–Crippen MR) is 105 cm³/mol. The van der Waals surface area contributed by atoms with Crippen molar-refractivity contribution in [2.24, 2.45) is 0 Å². The Balaban J connectivity index is 1.52. The first-order valence-corrected chi connectivity index (χ1v) is 9.67. The number of carbonyl (C=O) groups is 2. The van der Waals surface area contributed by atoms with E-state index < -0.39 is 5.97 Å². The summed E-state index contributed by atoms with van der Waals surface area (Å²) in [6.45, 7) is 4.79. The predicted octanol–water partition coefficient (Wildman–Crippen LogP) is 3.74. The number of ether oxygens (including phenoxy) is 3. The van der Waals surface area contributed by atoms with Gasteiger partial charge >= 0.3 is 5.97 Å². The minimum absolute atomic E-state index is 0.189. The van der Waals surface area contributed by atoms with Gasteiger partial charge in [0.25, 0.3) is 0 Å². The highest BCUT2D eigenvalue weighted by molar-refractivity contribution is 6.30. The van der Waals surface area contributed by atoms with Crippen molar-refractivity contribution >= 4 is 23.4 Å². The number of rotatable bonds is 8. The maximum atomic E-state index is 12.5. The summed E-state index contributed by atoms with van der Waals surface area (Å²) in [5, 5.41) is 0.513. The van der Waals surface area contributed by atoms with Gasteiger partial charge in [0.05, 0.1) is 6.10 Å². The van der Waals surface area contributed by atoms with Gasteiger partial charge in [-0.15, -0.1) is 0 Å². The van der Waals surface area contributed by atoms with Crippen LogP contribution in [0.4, 0.5) is 0 Å². The summed E-state index contributed by atoms with van der Waals surface area (Å²) < 4.78 is 18.2. The lowest BCUT2D eigenvalue weighted by Gasteiger charge is -2.14. The summed E-state index contributed by atoms with van der Waals surface area (Å²) in [5.74, 6) is -0.377. The molecule has 0 aliphatic carbocycles. The molecule has 28 heavy (non-hydrogen) atoms. The number of aryl methyl sites for hydroxylation is 1. The molecule has 2 aromatic rings. The van der Waals surface area contributed by atoms with Crippen molar-refractivity contribution < 1.29 is 23.8 Å². The molecule has 2 heterocycles. The first-order valence-electron chi connectivity index (χ1n) is 9.29. The SMILES string of the molecule is Cc1cc(C(=O)COC(=O)COc2cccc(Cl)c2)c(C)n1C[C@@H]1CCCO1. The fraction of sp³-hybridized carbons (Fsp3) is 0.429. The van der Waals surface area contributed by atoms with E-state index >= 15 is 0 Å². The molecule has 0 unspecified atom stereocenters. The Kier molecular flexibility index (Phi) is 6.75. The van der Waals surface area contributed by atoms with E-state index in [0.29, 0.717) is 16.3 Å². The first-order chi connectivity index (χ1) is 13.4. The Morgan fingerprint density at radius 3 is 2.79 bits per heavy atom. The van der Waals surface area contributed by atoms with Gasteiger partial charge in [0.2, 0.25) is 5.78 Å². The molecule has 1 aliphatic rings. The lowest BCUT2D eigenvalue weighted by Crippen LogP contribution is -2.20. The van der Waals surface area contributed by atoms with Gasteiger partial charge in [0, 0.05) is 35.1 Å². The van der Waals surface area contributed by atoms with Crippen LogP contribution in [0.15, 0.2) is 30.3 Å². The van der Waals surface area contributed by atoms with Gasteiger partial charge in [0.1, 0.15) is 5.75 Å². The third-order valence-corrected chi connectivity index (χ3v) is 5.04. The van der Waals surface area contributed by atoms with E-state index in [4.69, 9.17) is 25.8 Å². The quantitative estimate of drug-likeness (QED) is 0.494. The van der Waals surface area contributed by atoms with Crippen LogP contribution in [0.25, 0.3) is 0 Å². The summed E-state index contributed by atoms with van der Waals surface area (Å²) >= 11 is 5.86. The Labute approximate surface area is 169 Å². The molecule has 6 nitrogen and oxygen atoms in total. The normalized spacial score (nSPS) is 16.2. The molecular weight excluding hydrogens is 382 g/mol. The zero-order valence-corrected chi connectivity index (χ0v) is 16.8. The number of aromatic nitrogens is 1. The standard InChI is InChI=1S/C21H24ClNO5/c1-14-9-19(15(2)23(14)11-18-7-4-8-26-18)20(24)12-28-21(25)13-27-17-6-3-5-16(22)10-17/h3,5-6,9-10,18H,4,7-8,11-13H2,1-2H3/t18-/m0/s1. The third kappa shape index (κ3) is 5.14. The second kappa shape index (κ2) is 9.26. The Hall–Kier alpha value is -2.31. The van der Waals surface area contributed by atoms with Gasteiger partial charge in [-0.3, -0.25) is 4.79 Å². The van der Waals surface area contributed by atoms with Crippen LogP contribution in [-0.2, 0) is 20.8 Å². The van der Waals surface area contributed by atoms with Gasteiger partial charge in [-0.25, -0.2) is 4.79 Å². The van der Waals surface area contributed by atoms with E-state index in [9.17, 15) is 9.59 Å². The zero-order chi connectivity index (χ0) is 20.1. The number of halogens is 1. The van der Waals surface area contributed by atoms with Crippen molar-refractivity contribution in [2.45, 2.75) is 39.3 Å². The monoisotopic (exact) mass is 405 g/mol. The lowest BCUT2D eigenvalue weighted by atomic mass is 10.1. The summed E-state index contributed by atoms with van der Waals surface area (Å²) in [5.41, 5.74) is 2.43. The Morgan fingerprint density at radius 2 is 2.07 bits per heavy atom. The van der Waals surface area contributed by atoms with E-state index in [2.05, 4.69) is 4.57 Å². The largest absolute Gasteiger partial charge is 0.482 e. The number of benzene rings is 1. The zero-order valence-electron chi connectivity index (χ0n) is 16.1. The number of hydrogen-bond donors (Lipinski definition) is 0. The van der Waals surface area contributed by atoms with Crippen molar-refractivity contribution in [3.8, 4) is 5.75 Å². The summed E-state index contributed by atoms with van der Waals surface area (Å²) in [6.07, 6.45) is 2.29. The molecule has 0 bridgehead atoms. The number of carbonyl (C=O) groups excluding carboxylic acids is 2. The van der Waals surface area contributed by atoms with Crippen molar-refractivity contribution in [3.05, 3.63) is 52.3 Å². The molecule has 1 atom stereocenters. The number of esters is 1. The fourth-order valence-corrected chi connectivity index (χ4v) is 3.50. The van der Waals surface area contributed by atoms with E-state index in [1.807, 2.05) is 19.9 Å². The average Bonchev–Trinajstić information content (AvgIpc) is 3.28. The van der Waals surface area contributed by atoms with Crippen molar-refractivity contribution in [1.29, 1.82) is 0 Å². The van der Waals surface area contributed by atoms with Crippen LogP contribution >= 0.6 is 11.6 Å². The molecule has 3 rings (SSSR count). The summed E-state index contributed by atoms with van der Waals surface area (Å²) in [6, 6.07) is 8.55. The van der Waals surface area contributed by atoms with Gasteiger partial charge in [-0.2, -0.15) is 0 Å². The second-order valence-electron chi connectivity index (χ2n) is 6.86. The van der Waals surface area contributed by atoms with Crippen molar-refractivity contribution in [3.63, 3.8) is 0 Å². The van der Waals surface area contributed by atoms with E-state index in [1.165, 1.54) is 0 Å². The first kappa shape index (κ1) is 20.4. The number of hydrogen-bond acceptors (Lipinski definition) is 5. The second-order valence-corrected chi connectivity index (χ2v) is 7.30. The van der Waals surface area contributed by atoms with Gasteiger partial charge in [0.15, 0.2) is 13.2 Å². The van der Waals surface area contributed by atoms with Gasteiger partial charge in [-0.05, 0) is 51.0 Å². The summed E-state index contributed by atoms with van der Waals surface area (Å²) in [4.78, 5) is 24.4. The third-order valence-electron chi connectivity index (χ3n) is 4.80. The molecule has 150 valence electrons. The molecule has 0 spiro atoms. The van der Waals surface area contributed by atoms with E-state index in [-0.39, 0.29) is 25.1 Å². The fourth-order valence-electron chi connectivity index (χ4n) is 3.32. The van der Waals surface area contributed by atoms with Crippen LogP contribution in [0.1, 0.15) is 34.6 Å². The highest BCUT2D eigenvalue weighted by atomic mass is 35.5. The molecule has 7 heteroatoms. The Morgan fingerprint density at radius 1 is 1.25 bits per heavy atom. The van der Waals surface area contributed by atoms with Crippen LogP contribution in [0, 0.1) is 13.8 Å². The van der Waals surface area contributed by atoms with Gasteiger partial charge < -0.3 is 18.8 Å². The molecule has 1 fully saturated rings. The van der Waals surface area contributed by atoms with Crippen LogP contribution in [-0.4, -0.2) is 42.2 Å². The highest BCUT2D eigenvalue weighted by Gasteiger charge is 2.21. The molecule has 0 radical (unpaired) electrons. The van der Waals surface area contributed by atoms with Crippen LogP contribution < -0.4 is 4.74 Å².